The van der Waals surface area contributed by atoms with E-state index in [0.717, 1.165) is 5.56 Å². The van der Waals surface area contributed by atoms with Crippen LogP contribution in [0.1, 0.15) is 48.3 Å². The predicted octanol–water partition coefficient (Wildman–Crippen LogP) is 3.35. The molecule has 0 fully saturated rings. The number of carboxylic acids is 1. The van der Waals surface area contributed by atoms with Crippen LogP contribution in [0.2, 0.25) is 0 Å². The molecule has 0 saturated heterocycles. The minimum atomic E-state index is -0.928. The maximum atomic E-state index is 13.5. The van der Waals surface area contributed by atoms with E-state index < -0.39 is 12.0 Å². The lowest BCUT2D eigenvalue weighted by Gasteiger charge is -2.25. The molecule has 2 unspecified atom stereocenters. The second-order valence-electron chi connectivity index (χ2n) is 7.91. The number of nitrogens with one attached hydrogen (secondary N) is 1. The van der Waals surface area contributed by atoms with Crippen molar-refractivity contribution in [3.63, 3.8) is 0 Å². The first kappa shape index (κ1) is 23.2. The highest BCUT2D eigenvalue weighted by molar-refractivity contribution is 5.79. The van der Waals surface area contributed by atoms with E-state index in [-0.39, 0.29) is 17.8 Å². The predicted molar refractivity (Wildman–Crippen MR) is 122 cm³/mol. The molecule has 0 bridgehead atoms. The number of rotatable bonds is 10. The van der Waals surface area contributed by atoms with Gasteiger partial charge in [-0.25, -0.2) is 0 Å². The highest BCUT2D eigenvalue weighted by atomic mass is 16.4. The SMILES string of the molecule is CC(CC(=O)O)C(NCCCN)c1oc2cc(C#N)ccc2c(=O)c1Cc1ccccc1. The molecule has 7 nitrogen and oxygen atoms in total. The average molecular weight is 434 g/mol. The summed E-state index contributed by atoms with van der Waals surface area (Å²) in [4.78, 5) is 25.0. The number of fused-ring (bicyclic) bond motifs is 1. The molecule has 3 rings (SSSR count). The maximum Gasteiger partial charge on any atom is 0.303 e. The van der Waals surface area contributed by atoms with Gasteiger partial charge in [-0.05, 0) is 49.2 Å². The number of nitriles is 1. The number of aliphatic carboxylic acids is 1. The number of nitrogens with zero attached hydrogens (tertiary/aromatic N) is 1. The highest BCUT2D eigenvalue weighted by Crippen LogP contribution is 2.30. The summed E-state index contributed by atoms with van der Waals surface area (Å²) in [6.07, 6.45) is 0.953. The third-order valence-electron chi connectivity index (χ3n) is 5.46. The number of benzene rings is 2. The van der Waals surface area contributed by atoms with Crippen molar-refractivity contribution in [1.29, 1.82) is 5.26 Å². The number of nitrogens with two attached hydrogens (primary N) is 1. The third kappa shape index (κ3) is 5.41. The lowest BCUT2D eigenvalue weighted by atomic mass is 9.90. The van der Waals surface area contributed by atoms with E-state index in [1.807, 2.05) is 37.3 Å². The van der Waals surface area contributed by atoms with E-state index in [1.54, 1.807) is 18.2 Å². The number of carboxylic acid groups (broad SMARTS) is 1. The van der Waals surface area contributed by atoms with E-state index in [1.165, 1.54) is 0 Å². The monoisotopic (exact) mass is 433 g/mol. The second kappa shape index (κ2) is 10.7. The summed E-state index contributed by atoms with van der Waals surface area (Å²) in [6, 6.07) is 15.9. The molecule has 0 aliphatic rings. The molecule has 2 atom stereocenters. The average Bonchev–Trinajstić information content (AvgIpc) is 2.78. The molecule has 7 heteroatoms. The summed E-state index contributed by atoms with van der Waals surface area (Å²) in [5.41, 5.74) is 7.58. The van der Waals surface area contributed by atoms with Gasteiger partial charge in [-0.2, -0.15) is 5.26 Å². The van der Waals surface area contributed by atoms with Crippen LogP contribution in [0.25, 0.3) is 11.0 Å². The molecule has 1 heterocycles. The molecule has 166 valence electrons. The van der Waals surface area contributed by atoms with Crippen molar-refractivity contribution < 1.29 is 14.3 Å². The first-order chi connectivity index (χ1) is 15.4. The summed E-state index contributed by atoms with van der Waals surface area (Å²) in [7, 11) is 0. The van der Waals surface area contributed by atoms with Crippen LogP contribution in [0.5, 0.6) is 0 Å². The Hall–Kier alpha value is -3.47. The molecular weight excluding hydrogens is 406 g/mol. The zero-order valence-corrected chi connectivity index (χ0v) is 18.0. The van der Waals surface area contributed by atoms with Crippen LogP contribution < -0.4 is 16.5 Å². The molecule has 0 radical (unpaired) electrons. The van der Waals surface area contributed by atoms with Crippen LogP contribution in [0.3, 0.4) is 0 Å². The molecule has 0 spiro atoms. The van der Waals surface area contributed by atoms with E-state index in [4.69, 9.17) is 10.2 Å². The fraction of sp³-hybridized carbons (Fsp3) is 0.320. The molecule has 0 aliphatic carbocycles. The van der Waals surface area contributed by atoms with Gasteiger partial charge in [0.1, 0.15) is 11.3 Å². The molecule has 0 saturated carbocycles. The van der Waals surface area contributed by atoms with Gasteiger partial charge in [0, 0.05) is 18.4 Å². The van der Waals surface area contributed by atoms with Gasteiger partial charge >= 0.3 is 5.97 Å². The number of hydrogen-bond donors (Lipinski definition) is 3. The van der Waals surface area contributed by atoms with Gasteiger partial charge in [0.15, 0.2) is 5.43 Å². The first-order valence-electron chi connectivity index (χ1n) is 10.6. The molecule has 0 aliphatic heterocycles. The van der Waals surface area contributed by atoms with Crippen molar-refractivity contribution >= 4 is 16.9 Å². The standard InChI is InChI=1S/C25H27N3O4/c1-16(12-22(29)30)23(28-11-5-10-26)25-20(13-17-6-3-2-4-7-17)24(31)19-9-8-18(15-27)14-21(19)32-25/h2-4,6-9,14,16,23,28H,5,10-13,26H2,1H3,(H,29,30). The van der Waals surface area contributed by atoms with Crippen LogP contribution in [0.4, 0.5) is 0 Å². The molecule has 4 N–H and O–H groups in total. The maximum absolute atomic E-state index is 13.5. The third-order valence-corrected chi connectivity index (χ3v) is 5.46. The van der Waals surface area contributed by atoms with Gasteiger partial charge < -0.3 is 20.6 Å². The number of hydrogen-bond acceptors (Lipinski definition) is 6. The molecular formula is C25H27N3O4. The van der Waals surface area contributed by atoms with Crippen molar-refractivity contribution in [3.8, 4) is 6.07 Å². The summed E-state index contributed by atoms with van der Waals surface area (Å²) < 4.78 is 6.25. The topological polar surface area (TPSA) is 129 Å². The Kier molecular flexibility index (Phi) is 7.77. The summed E-state index contributed by atoms with van der Waals surface area (Å²) in [5.74, 6) is -0.866. The normalized spacial score (nSPS) is 12.9. The Bertz CT molecular complexity index is 1180. The van der Waals surface area contributed by atoms with E-state index in [9.17, 15) is 20.0 Å². The van der Waals surface area contributed by atoms with Crippen molar-refractivity contribution in [2.75, 3.05) is 13.1 Å². The summed E-state index contributed by atoms with van der Waals surface area (Å²) >= 11 is 0. The first-order valence-corrected chi connectivity index (χ1v) is 10.6. The van der Waals surface area contributed by atoms with Crippen molar-refractivity contribution in [2.24, 2.45) is 11.7 Å². The van der Waals surface area contributed by atoms with Gasteiger partial charge in [0.05, 0.1) is 23.1 Å². The van der Waals surface area contributed by atoms with Crippen LogP contribution >= 0.6 is 0 Å². The highest BCUT2D eigenvalue weighted by Gasteiger charge is 2.28. The molecule has 2 aromatic carbocycles. The van der Waals surface area contributed by atoms with E-state index >= 15 is 0 Å². The Balaban J connectivity index is 2.20. The van der Waals surface area contributed by atoms with Gasteiger partial charge in [-0.15, -0.1) is 0 Å². The van der Waals surface area contributed by atoms with Crippen LogP contribution in [-0.4, -0.2) is 24.2 Å². The van der Waals surface area contributed by atoms with Crippen molar-refractivity contribution in [3.05, 3.63) is 81.2 Å². The largest absolute Gasteiger partial charge is 0.481 e. The lowest BCUT2D eigenvalue weighted by Crippen LogP contribution is -2.32. The molecule has 32 heavy (non-hydrogen) atoms. The second-order valence-corrected chi connectivity index (χ2v) is 7.91. The Morgan fingerprint density at radius 3 is 2.66 bits per heavy atom. The fourth-order valence-corrected chi connectivity index (χ4v) is 3.84. The van der Waals surface area contributed by atoms with Crippen molar-refractivity contribution in [1.82, 2.24) is 5.32 Å². The lowest BCUT2D eigenvalue weighted by molar-refractivity contribution is -0.138. The Labute approximate surface area is 186 Å². The van der Waals surface area contributed by atoms with Crippen LogP contribution in [-0.2, 0) is 11.2 Å². The number of carbonyl (C=O) groups is 1. The zero-order chi connectivity index (χ0) is 23.1. The van der Waals surface area contributed by atoms with Gasteiger partial charge in [-0.1, -0.05) is 37.3 Å². The van der Waals surface area contributed by atoms with Crippen LogP contribution in [0.15, 0.2) is 57.7 Å². The van der Waals surface area contributed by atoms with E-state index in [2.05, 4.69) is 11.4 Å². The summed E-state index contributed by atoms with van der Waals surface area (Å²) in [5, 5.41) is 22.4. The smallest absolute Gasteiger partial charge is 0.303 e. The van der Waals surface area contributed by atoms with Crippen LogP contribution in [0, 0.1) is 17.2 Å². The van der Waals surface area contributed by atoms with Gasteiger partial charge in [0.2, 0.25) is 0 Å². The zero-order valence-electron chi connectivity index (χ0n) is 18.0. The minimum absolute atomic E-state index is 0.0922. The van der Waals surface area contributed by atoms with Gasteiger partial charge in [0.25, 0.3) is 0 Å². The van der Waals surface area contributed by atoms with Gasteiger partial charge in [-0.3, -0.25) is 9.59 Å². The minimum Gasteiger partial charge on any atom is -0.481 e. The Morgan fingerprint density at radius 2 is 2.00 bits per heavy atom. The quantitative estimate of drug-likeness (QED) is 0.418. The fourth-order valence-electron chi connectivity index (χ4n) is 3.84. The molecule has 1 aromatic heterocycles. The Morgan fingerprint density at radius 1 is 1.25 bits per heavy atom. The molecule has 3 aromatic rings. The molecule has 0 amide bonds. The van der Waals surface area contributed by atoms with E-state index in [0.29, 0.717) is 53.8 Å². The van der Waals surface area contributed by atoms with Crippen molar-refractivity contribution in [2.45, 2.75) is 32.2 Å². The summed E-state index contributed by atoms with van der Waals surface area (Å²) in [6.45, 7) is 2.85.